The molecule has 2 nitrogen and oxygen atoms in total. The van der Waals surface area contributed by atoms with Crippen LogP contribution in [0.2, 0.25) is 0 Å². The van der Waals surface area contributed by atoms with Crippen molar-refractivity contribution in [2.75, 3.05) is 7.11 Å². The summed E-state index contributed by atoms with van der Waals surface area (Å²) in [5, 5.41) is 13.8. The quantitative estimate of drug-likeness (QED) is 0.544. The average molecular weight is 361 g/mol. The molecule has 136 valence electrons. The third kappa shape index (κ3) is 2.42. The minimum atomic E-state index is -0.885. The van der Waals surface area contributed by atoms with Crippen molar-refractivity contribution >= 4 is 11.6 Å². The van der Waals surface area contributed by atoms with Crippen molar-refractivity contribution in [1.82, 2.24) is 0 Å². The molecule has 3 heteroatoms. The number of methoxy groups -OCH3 is 1. The van der Waals surface area contributed by atoms with Gasteiger partial charge in [-0.25, -0.2) is 0 Å². The molecule has 0 radical (unpaired) electrons. The van der Waals surface area contributed by atoms with Gasteiger partial charge in [0, 0.05) is 17.2 Å². The van der Waals surface area contributed by atoms with Gasteiger partial charge in [0.2, 0.25) is 0 Å². The maximum atomic E-state index is 11.3. The lowest BCUT2D eigenvalue weighted by Gasteiger charge is -2.54. The zero-order chi connectivity index (χ0) is 17.7. The van der Waals surface area contributed by atoms with Gasteiger partial charge in [0.1, 0.15) is 5.60 Å². The highest BCUT2D eigenvalue weighted by Crippen LogP contribution is 2.65. The summed E-state index contributed by atoms with van der Waals surface area (Å²) in [6.07, 6.45) is 12.0. The van der Waals surface area contributed by atoms with Gasteiger partial charge in [0.25, 0.3) is 0 Å². The molecule has 0 heterocycles. The maximum absolute atomic E-state index is 11.3. The van der Waals surface area contributed by atoms with E-state index in [4.69, 9.17) is 16.3 Å². The minimum absolute atomic E-state index is 0.0592. The molecule has 0 bridgehead atoms. The molecule has 0 unspecified atom stereocenters. The molecule has 0 amide bonds. The van der Waals surface area contributed by atoms with Crippen LogP contribution in [0.1, 0.15) is 64.7 Å². The van der Waals surface area contributed by atoms with Crippen molar-refractivity contribution < 1.29 is 9.84 Å². The number of rotatable bonds is 2. The van der Waals surface area contributed by atoms with Crippen LogP contribution in [-0.4, -0.2) is 17.8 Å². The number of hydrogen-bond acceptors (Lipinski definition) is 2. The third-order valence-electron chi connectivity index (χ3n) is 8.05. The van der Waals surface area contributed by atoms with Crippen molar-refractivity contribution in [1.29, 1.82) is 0 Å². The number of ether oxygens (including phenoxy) is 1. The number of fused-ring (bicyclic) bond motifs is 4. The molecule has 0 spiro atoms. The van der Waals surface area contributed by atoms with Gasteiger partial charge in [-0.3, -0.25) is 0 Å². The second kappa shape index (κ2) is 6.36. The largest absolute Gasteiger partial charge is 0.501 e. The second-order valence-electron chi connectivity index (χ2n) is 8.47. The molecule has 25 heavy (non-hydrogen) atoms. The summed E-state index contributed by atoms with van der Waals surface area (Å²) in [5.74, 6) is 6.14. The summed E-state index contributed by atoms with van der Waals surface area (Å²) in [5.41, 5.74) is 2.39. The van der Waals surface area contributed by atoms with E-state index >= 15 is 0 Å². The standard InChI is InChI=1S/C22H29ClO2/c1-3-21-10-8-18-17-7-5-16(25-2)14-15(17)4-6-19(18)20(21)9-11-22(21,24)12-13-23/h5,18-20,24H,3-4,6-11,14H2,1-2H3/t18-,19-,20+,21+,22-/m1/s1. The van der Waals surface area contributed by atoms with Gasteiger partial charge in [-0.2, -0.15) is 0 Å². The van der Waals surface area contributed by atoms with E-state index < -0.39 is 5.60 Å². The van der Waals surface area contributed by atoms with Crippen molar-refractivity contribution in [3.05, 3.63) is 23.0 Å². The summed E-state index contributed by atoms with van der Waals surface area (Å²) < 4.78 is 5.50. The zero-order valence-electron chi connectivity index (χ0n) is 15.4. The van der Waals surface area contributed by atoms with Crippen LogP contribution in [0.15, 0.2) is 23.0 Å². The molecule has 0 aliphatic heterocycles. The Balaban J connectivity index is 1.65. The Bertz CT molecular complexity index is 682. The summed E-state index contributed by atoms with van der Waals surface area (Å²) in [6.45, 7) is 2.24. The van der Waals surface area contributed by atoms with Gasteiger partial charge >= 0.3 is 0 Å². The molecule has 5 atom stereocenters. The first-order valence-corrected chi connectivity index (χ1v) is 10.3. The molecule has 2 fully saturated rings. The number of halogens is 1. The Morgan fingerprint density at radius 3 is 2.88 bits per heavy atom. The third-order valence-corrected chi connectivity index (χ3v) is 8.15. The molecule has 4 aliphatic carbocycles. The van der Waals surface area contributed by atoms with Crippen molar-refractivity contribution in [3.8, 4) is 11.3 Å². The van der Waals surface area contributed by atoms with E-state index in [1.54, 1.807) is 18.3 Å². The highest BCUT2D eigenvalue weighted by atomic mass is 35.5. The number of aliphatic hydroxyl groups is 1. The molecule has 4 rings (SSSR count). The van der Waals surface area contributed by atoms with Crippen LogP contribution in [0, 0.1) is 34.5 Å². The summed E-state index contributed by atoms with van der Waals surface area (Å²) in [4.78, 5) is 0. The van der Waals surface area contributed by atoms with Gasteiger partial charge in [-0.15, -0.1) is 0 Å². The van der Waals surface area contributed by atoms with Gasteiger partial charge in [-0.05, 0) is 86.8 Å². The van der Waals surface area contributed by atoms with E-state index in [0.29, 0.717) is 17.8 Å². The Hall–Kier alpha value is -0.910. The normalized spacial score (nSPS) is 42.6. The smallest absolute Gasteiger partial charge is 0.132 e. The molecular weight excluding hydrogens is 332 g/mol. The highest BCUT2D eigenvalue weighted by Gasteiger charge is 2.62. The van der Waals surface area contributed by atoms with Crippen LogP contribution in [0.5, 0.6) is 0 Å². The molecule has 0 aromatic rings. The Labute approximate surface area is 156 Å². The van der Waals surface area contributed by atoms with Gasteiger partial charge < -0.3 is 9.84 Å². The summed E-state index contributed by atoms with van der Waals surface area (Å²) in [6, 6.07) is 0. The van der Waals surface area contributed by atoms with Crippen LogP contribution in [-0.2, 0) is 4.74 Å². The molecule has 4 aliphatic rings. The predicted octanol–water partition coefficient (Wildman–Crippen LogP) is 5.16. The first kappa shape index (κ1) is 17.5. The number of allylic oxidation sites excluding steroid dienone is 3. The molecule has 0 aromatic heterocycles. The van der Waals surface area contributed by atoms with E-state index in [9.17, 15) is 5.11 Å². The first-order chi connectivity index (χ1) is 12.1. The monoisotopic (exact) mass is 360 g/mol. The lowest BCUT2D eigenvalue weighted by Crippen LogP contribution is -2.52. The fraction of sp³-hybridized carbons (Fsp3) is 0.727. The van der Waals surface area contributed by atoms with Crippen LogP contribution < -0.4 is 0 Å². The van der Waals surface area contributed by atoms with E-state index in [2.05, 4.69) is 24.3 Å². The average Bonchev–Trinajstić information content (AvgIpc) is 2.94. The fourth-order valence-electron chi connectivity index (χ4n) is 6.87. The molecule has 2 saturated carbocycles. The van der Waals surface area contributed by atoms with E-state index in [0.717, 1.165) is 44.3 Å². The van der Waals surface area contributed by atoms with Crippen molar-refractivity contribution in [2.45, 2.75) is 70.3 Å². The maximum Gasteiger partial charge on any atom is 0.132 e. The Morgan fingerprint density at radius 1 is 1.32 bits per heavy atom. The first-order valence-electron chi connectivity index (χ1n) is 9.87. The highest BCUT2D eigenvalue weighted by molar-refractivity contribution is 6.30. The van der Waals surface area contributed by atoms with E-state index in [1.165, 1.54) is 19.3 Å². The van der Waals surface area contributed by atoms with E-state index in [-0.39, 0.29) is 5.41 Å². The summed E-state index contributed by atoms with van der Waals surface area (Å²) in [7, 11) is 1.79. The SMILES string of the molecule is CC[C@]12CC[C@@H]3C4=C(CC[C@H]3[C@@H]1CC[C@@]2(O)C#CCl)CC(OC)=CC4. The molecule has 1 N–H and O–H groups in total. The van der Waals surface area contributed by atoms with Crippen molar-refractivity contribution in [2.24, 2.45) is 23.2 Å². The predicted molar refractivity (Wildman–Crippen MR) is 101 cm³/mol. The summed E-state index contributed by atoms with van der Waals surface area (Å²) >= 11 is 5.73. The topological polar surface area (TPSA) is 29.5 Å². The molecule has 0 saturated heterocycles. The van der Waals surface area contributed by atoms with Crippen molar-refractivity contribution in [3.63, 3.8) is 0 Å². The Kier molecular flexibility index (Phi) is 4.45. The van der Waals surface area contributed by atoms with Gasteiger partial charge in [0.15, 0.2) is 0 Å². The number of hydrogen-bond donors (Lipinski definition) is 1. The van der Waals surface area contributed by atoms with Gasteiger partial charge in [-0.1, -0.05) is 24.0 Å². The van der Waals surface area contributed by atoms with Gasteiger partial charge in [0.05, 0.1) is 12.9 Å². The van der Waals surface area contributed by atoms with Crippen LogP contribution >= 0.6 is 11.6 Å². The fourth-order valence-corrected chi connectivity index (χ4v) is 7.03. The van der Waals surface area contributed by atoms with E-state index in [1.807, 2.05) is 0 Å². The van der Waals surface area contributed by atoms with Crippen LogP contribution in [0.4, 0.5) is 0 Å². The van der Waals surface area contributed by atoms with Crippen LogP contribution in [0.3, 0.4) is 0 Å². The molecule has 0 aromatic carbocycles. The lowest BCUT2D eigenvalue weighted by atomic mass is 9.51. The minimum Gasteiger partial charge on any atom is -0.501 e. The van der Waals surface area contributed by atoms with Crippen LogP contribution in [0.25, 0.3) is 0 Å². The molecular formula is C22H29ClO2. The second-order valence-corrected chi connectivity index (χ2v) is 8.66. The lowest BCUT2D eigenvalue weighted by molar-refractivity contribution is -0.0856. The Morgan fingerprint density at radius 2 is 2.16 bits per heavy atom. The zero-order valence-corrected chi connectivity index (χ0v) is 16.2.